The summed E-state index contributed by atoms with van der Waals surface area (Å²) in [6, 6.07) is 10.2. The fraction of sp³-hybridized carbons (Fsp3) is 0.278. The highest BCUT2D eigenvalue weighted by Crippen LogP contribution is 2.30. The molecule has 0 aliphatic heterocycles. The van der Waals surface area contributed by atoms with E-state index in [2.05, 4.69) is 9.47 Å². The standard InChI is InChI=1S/C18H18ClF2NO5S/c1-12-5-3-4-6-13(12)10-22(11-17(23)26-2)28(24,25)14-7-8-16(15(19)9-14)27-18(20)21/h3-9,18H,10-11H2,1-2H3. The second kappa shape index (κ2) is 9.31. The normalized spacial score (nSPS) is 11.7. The first-order valence-corrected chi connectivity index (χ1v) is 9.82. The number of hydrogen-bond acceptors (Lipinski definition) is 5. The second-order valence-corrected chi connectivity index (χ2v) is 8.09. The van der Waals surface area contributed by atoms with Crippen LogP contribution in [0.1, 0.15) is 11.1 Å². The predicted molar refractivity (Wildman–Crippen MR) is 98.9 cm³/mol. The molecule has 0 fully saturated rings. The van der Waals surface area contributed by atoms with Gasteiger partial charge in [-0.3, -0.25) is 4.79 Å². The number of aryl methyl sites for hydroxylation is 1. The van der Waals surface area contributed by atoms with Gasteiger partial charge in [0.05, 0.1) is 17.0 Å². The molecule has 0 saturated heterocycles. The lowest BCUT2D eigenvalue weighted by atomic mass is 10.1. The van der Waals surface area contributed by atoms with Gasteiger partial charge in [-0.15, -0.1) is 0 Å². The topological polar surface area (TPSA) is 72.9 Å². The van der Waals surface area contributed by atoms with Crippen LogP contribution >= 0.6 is 11.6 Å². The molecule has 0 amide bonds. The number of carbonyl (C=O) groups is 1. The molecule has 0 saturated carbocycles. The highest BCUT2D eigenvalue weighted by atomic mass is 35.5. The number of ether oxygens (including phenoxy) is 2. The van der Waals surface area contributed by atoms with Crippen LogP contribution in [0.3, 0.4) is 0 Å². The number of alkyl halides is 2. The van der Waals surface area contributed by atoms with Gasteiger partial charge in [0.1, 0.15) is 12.3 Å². The van der Waals surface area contributed by atoms with Crippen LogP contribution in [0.15, 0.2) is 47.4 Å². The number of methoxy groups -OCH3 is 1. The molecule has 0 aliphatic rings. The molecule has 0 N–H and O–H groups in total. The number of halogens is 3. The van der Waals surface area contributed by atoms with Crippen molar-refractivity contribution in [3.63, 3.8) is 0 Å². The van der Waals surface area contributed by atoms with Crippen molar-refractivity contribution >= 4 is 27.6 Å². The molecule has 28 heavy (non-hydrogen) atoms. The molecule has 0 spiro atoms. The molecule has 6 nitrogen and oxygen atoms in total. The minimum Gasteiger partial charge on any atom is -0.468 e. The van der Waals surface area contributed by atoms with Gasteiger partial charge in [0, 0.05) is 6.54 Å². The summed E-state index contributed by atoms with van der Waals surface area (Å²) in [6.45, 7) is -1.90. The maximum Gasteiger partial charge on any atom is 0.387 e. The molecule has 0 heterocycles. The lowest BCUT2D eigenvalue weighted by Gasteiger charge is -2.22. The number of esters is 1. The van der Waals surface area contributed by atoms with Crippen LogP contribution in [0.5, 0.6) is 5.75 Å². The second-order valence-electron chi connectivity index (χ2n) is 5.75. The van der Waals surface area contributed by atoms with Crippen molar-refractivity contribution < 1.29 is 31.5 Å². The van der Waals surface area contributed by atoms with Crippen LogP contribution in [-0.2, 0) is 26.1 Å². The number of sulfonamides is 1. The molecular weight excluding hydrogens is 416 g/mol. The fourth-order valence-corrected chi connectivity index (χ4v) is 4.07. The zero-order valence-corrected chi connectivity index (χ0v) is 16.6. The first-order valence-electron chi connectivity index (χ1n) is 8.01. The molecule has 2 aromatic rings. The Morgan fingerprint density at radius 3 is 2.46 bits per heavy atom. The molecule has 152 valence electrons. The molecule has 0 aliphatic carbocycles. The van der Waals surface area contributed by atoms with Gasteiger partial charge in [0.15, 0.2) is 0 Å². The van der Waals surface area contributed by atoms with Gasteiger partial charge in [0.25, 0.3) is 0 Å². The average molecular weight is 434 g/mol. The Labute approximate surface area is 166 Å². The summed E-state index contributed by atoms with van der Waals surface area (Å²) in [7, 11) is -3.04. The monoisotopic (exact) mass is 433 g/mol. The Morgan fingerprint density at radius 1 is 1.21 bits per heavy atom. The maximum absolute atomic E-state index is 13.1. The van der Waals surface area contributed by atoms with Gasteiger partial charge in [0.2, 0.25) is 10.0 Å². The Balaban J connectivity index is 2.41. The van der Waals surface area contributed by atoms with E-state index < -0.39 is 29.1 Å². The molecule has 0 aromatic heterocycles. The Morgan fingerprint density at radius 2 is 1.89 bits per heavy atom. The van der Waals surface area contributed by atoms with E-state index >= 15 is 0 Å². The summed E-state index contributed by atoms with van der Waals surface area (Å²) in [5.41, 5.74) is 1.53. The molecule has 0 bridgehead atoms. The summed E-state index contributed by atoms with van der Waals surface area (Å²) in [5, 5.41) is -0.296. The maximum atomic E-state index is 13.1. The minimum atomic E-state index is -4.18. The Kier molecular flexibility index (Phi) is 7.34. The molecule has 2 aromatic carbocycles. The highest BCUT2D eigenvalue weighted by molar-refractivity contribution is 7.89. The Hall–Kier alpha value is -2.23. The van der Waals surface area contributed by atoms with Crippen LogP contribution in [0.4, 0.5) is 8.78 Å². The molecule has 2 rings (SSSR count). The van der Waals surface area contributed by atoms with E-state index in [1.165, 1.54) is 0 Å². The number of rotatable bonds is 8. The summed E-state index contributed by atoms with van der Waals surface area (Å²) in [5.74, 6) is -1.10. The van der Waals surface area contributed by atoms with Crippen molar-refractivity contribution in [3.05, 3.63) is 58.6 Å². The van der Waals surface area contributed by atoms with Crippen molar-refractivity contribution in [2.24, 2.45) is 0 Å². The zero-order valence-electron chi connectivity index (χ0n) is 15.1. The average Bonchev–Trinajstić information content (AvgIpc) is 2.63. The molecule has 0 unspecified atom stereocenters. The summed E-state index contributed by atoms with van der Waals surface area (Å²) in [4.78, 5) is 11.5. The molecule has 0 radical (unpaired) electrons. The third kappa shape index (κ3) is 5.40. The van der Waals surface area contributed by atoms with Gasteiger partial charge in [-0.25, -0.2) is 8.42 Å². The first kappa shape index (κ1) is 22.1. The largest absolute Gasteiger partial charge is 0.468 e. The van der Waals surface area contributed by atoms with E-state index in [1.807, 2.05) is 13.0 Å². The van der Waals surface area contributed by atoms with E-state index in [0.717, 1.165) is 35.2 Å². The van der Waals surface area contributed by atoms with Gasteiger partial charge in [-0.1, -0.05) is 35.9 Å². The molecule has 10 heteroatoms. The molecule has 0 atom stereocenters. The van der Waals surface area contributed by atoms with Crippen LogP contribution in [-0.4, -0.2) is 39.0 Å². The van der Waals surface area contributed by atoms with Gasteiger partial charge in [-0.05, 0) is 36.2 Å². The summed E-state index contributed by atoms with van der Waals surface area (Å²) >= 11 is 5.87. The van der Waals surface area contributed by atoms with Crippen molar-refractivity contribution in [3.8, 4) is 5.75 Å². The van der Waals surface area contributed by atoms with E-state index in [4.69, 9.17) is 11.6 Å². The van der Waals surface area contributed by atoms with Crippen LogP contribution in [0.2, 0.25) is 5.02 Å². The van der Waals surface area contributed by atoms with E-state index in [-0.39, 0.29) is 22.2 Å². The summed E-state index contributed by atoms with van der Waals surface area (Å²) < 4.78 is 60.6. The van der Waals surface area contributed by atoms with Crippen molar-refractivity contribution in [1.82, 2.24) is 4.31 Å². The van der Waals surface area contributed by atoms with Crippen molar-refractivity contribution in [1.29, 1.82) is 0 Å². The smallest absolute Gasteiger partial charge is 0.387 e. The lowest BCUT2D eigenvalue weighted by molar-refractivity contribution is -0.140. The molecular formula is C18H18ClF2NO5S. The van der Waals surface area contributed by atoms with Crippen molar-refractivity contribution in [2.75, 3.05) is 13.7 Å². The number of hydrogen-bond donors (Lipinski definition) is 0. The van der Waals surface area contributed by atoms with Gasteiger partial charge >= 0.3 is 12.6 Å². The SMILES string of the molecule is COC(=O)CN(Cc1ccccc1C)S(=O)(=O)c1ccc(OC(F)F)c(Cl)c1. The number of nitrogens with zero attached hydrogens (tertiary/aromatic N) is 1. The fourth-order valence-electron chi connectivity index (χ4n) is 2.39. The van der Waals surface area contributed by atoms with E-state index in [1.54, 1.807) is 18.2 Å². The minimum absolute atomic E-state index is 0.0863. The van der Waals surface area contributed by atoms with Crippen LogP contribution in [0.25, 0.3) is 0 Å². The number of benzene rings is 2. The number of carbonyl (C=O) groups excluding carboxylic acids is 1. The van der Waals surface area contributed by atoms with Gasteiger partial charge in [-0.2, -0.15) is 13.1 Å². The Bertz CT molecular complexity index is 953. The van der Waals surface area contributed by atoms with E-state index in [9.17, 15) is 22.0 Å². The zero-order chi connectivity index (χ0) is 20.9. The third-order valence-electron chi connectivity index (χ3n) is 3.90. The third-order valence-corrected chi connectivity index (χ3v) is 5.98. The van der Waals surface area contributed by atoms with Crippen LogP contribution < -0.4 is 4.74 Å². The van der Waals surface area contributed by atoms with Crippen LogP contribution in [0, 0.1) is 6.92 Å². The first-order chi connectivity index (χ1) is 13.1. The quantitative estimate of drug-likeness (QED) is 0.594. The van der Waals surface area contributed by atoms with Crippen molar-refractivity contribution in [2.45, 2.75) is 25.0 Å². The predicted octanol–water partition coefficient (Wildman–Crippen LogP) is 3.61. The van der Waals surface area contributed by atoms with Gasteiger partial charge < -0.3 is 9.47 Å². The highest BCUT2D eigenvalue weighted by Gasteiger charge is 2.28. The van der Waals surface area contributed by atoms with E-state index in [0.29, 0.717) is 5.56 Å². The lowest BCUT2D eigenvalue weighted by Crippen LogP contribution is -2.36. The summed E-state index contributed by atoms with van der Waals surface area (Å²) in [6.07, 6.45) is 0.